The second-order valence-electron chi connectivity index (χ2n) is 28.0. The quantitative estimate of drug-likeness (QED) is 0.134. The van der Waals surface area contributed by atoms with Crippen LogP contribution >= 0.6 is 0 Å². The third-order valence-corrected chi connectivity index (χ3v) is 31.8. The normalized spacial score (nSPS) is 44.9. The van der Waals surface area contributed by atoms with E-state index < -0.39 is 16.6 Å². The van der Waals surface area contributed by atoms with Crippen LogP contribution in [0.4, 0.5) is 0 Å². The van der Waals surface area contributed by atoms with Gasteiger partial charge in [-0.3, -0.25) is 0 Å². The minimum atomic E-state index is -1.88. The average molecular weight is 924 g/mol. The van der Waals surface area contributed by atoms with Gasteiger partial charge >= 0.3 is 0 Å². The molecule has 18 atom stereocenters. The summed E-state index contributed by atoms with van der Waals surface area (Å²) < 4.78 is 13.5. The van der Waals surface area contributed by atoms with Gasteiger partial charge in [0.25, 0.3) is 0 Å². The van der Waals surface area contributed by atoms with Crippen molar-refractivity contribution in [1.29, 1.82) is 0 Å². The number of fused-ring (bicyclic) bond motifs is 4. The van der Waals surface area contributed by atoms with Crippen LogP contribution in [-0.4, -0.2) is 63.0 Å². The average Bonchev–Trinajstić information content (AvgIpc) is 3.94. The summed E-state index contributed by atoms with van der Waals surface area (Å²) >= 11 is 0. The largest absolute Gasteiger partial charge is 0.411 e. The Kier molecular flexibility index (Phi) is 14.4. The van der Waals surface area contributed by atoms with E-state index in [4.69, 9.17) is 8.85 Å². The molecule has 0 amide bonds. The van der Waals surface area contributed by atoms with Gasteiger partial charge in [0.05, 0.1) is 24.4 Å². The second-order valence-corrected chi connectivity index (χ2v) is 37.5. The molecule has 7 heteroatoms. The van der Waals surface area contributed by atoms with E-state index in [1.165, 1.54) is 83.5 Å². The van der Waals surface area contributed by atoms with Gasteiger partial charge in [-0.25, -0.2) is 0 Å². The minimum Gasteiger partial charge on any atom is -0.411 e. The first-order valence-electron chi connectivity index (χ1n) is 27.3. The summed E-state index contributed by atoms with van der Waals surface area (Å²) in [6.45, 7) is 40.4. The Balaban J connectivity index is 0.000000191. The summed E-state index contributed by atoms with van der Waals surface area (Å²) in [6.07, 6.45) is 23.7. The minimum absolute atomic E-state index is 0.0216. The van der Waals surface area contributed by atoms with Crippen molar-refractivity contribution in [2.75, 3.05) is 6.61 Å². The third-order valence-electron chi connectivity index (χ3n) is 22.7. The van der Waals surface area contributed by atoms with Gasteiger partial charge in [0, 0.05) is 17.4 Å². The molecule has 8 rings (SSSR count). The zero-order valence-corrected chi connectivity index (χ0v) is 46.7. The van der Waals surface area contributed by atoms with Crippen LogP contribution in [-0.2, 0) is 8.85 Å². The Morgan fingerprint density at radius 3 is 1.36 bits per heavy atom. The number of hydrogen-bond acceptors (Lipinski definition) is 5. The molecule has 0 aromatic rings. The van der Waals surface area contributed by atoms with Crippen molar-refractivity contribution < 1.29 is 24.2 Å². The predicted molar refractivity (Wildman–Crippen MR) is 273 cm³/mol. The number of allylic oxidation sites excluding steroid dienone is 4. The third kappa shape index (κ3) is 8.70. The van der Waals surface area contributed by atoms with Gasteiger partial charge < -0.3 is 24.2 Å². The standard InChI is InChI=1S/C29H52O2Si.C28H50O3Si/c1-10-19(2)23-13-14-24-21(12-11-15-28(23,24)7)16-20(3)29-18-22(29)17-25(26(29)30)31-32(8,9)27(4,5)6;1-18(17-29)22-11-12-23-20(10-9-13-27(22,23)6)14-19(2)28-16-21(28)15-24(25(28)30)31-32(7,8)26(3,4)5/h16,19-20,22-26,30H,10-15,17-18H2,1-9H3;14,18-19,21-25,29-30H,9-13,15-17H2,1-8H3/b21-16+;20-14+/t19-,20-,22?,23-,24+,25+,26?,28-,29-;18-,19-,21?,22-,23+,24+,25?,27-,28-/m11/s1. The topological polar surface area (TPSA) is 79.2 Å². The molecule has 8 fully saturated rings. The summed E-state index contributed by atoms with van der Waals surface area (Å²) in [4.78, 5) is 0. The number of aliphatic hydroxyl groups is 3. The summed E-state index contributed by atoms with van der Waals surface area (Å²) in [5.74, 6) is 6.40. The van der Waals surface area contributed by atoms with Gasteiger partial charge in [-0.05, 0) is 196 Å². The highest BCUT2D eigenvalue weighted by Gasteiger charge is 2.70. The Labute approximate surface area is 396 Å². The molecule has 0 aliphatic heterocycles. The Morgan fingerprint density at radius 2 is 1.02 bits per heavy atom. The maximum absolute atomic E-state index is 11.5. The fourth-order valence-electron chi connectivity index (χ4n) is 16.4. The van der Waals surface area contributed by atoms with Crippen molar-refractivity contribution in [3.63, 3.8) is 0 Å². The van der Waals surface area contributed by atoms with Gasteiger partial charge in [0.1, 0.15) is 0 Å². The maximum Gasteiger partial charge on any atom is 0.192 e. The molecular weight excluding hydrogens is 821 g/mol. The van der Waals surface area contributed by atoms with Crippen LogP contribution in [0, 0.1) is 80.8 Å². The fourth-order valence-corrected chi connectivity index (χ4v) is 19.0. The van der Waals surface area contributed by atoms with Gasteiger partial charge in [-0.15, -0.1) is 0 Å². The monoisotopic (exact) mass is 923 g/mol. The molecule has 0 bridgehead atoms. The van der Waals surface area contributed by atoms with Crippen molar-refractivity contribution >= 4 is 16.6 Å². The first-order chi connectivity index (χ1) is 29.6. The highest BCUT2D eigenvalue weighted by molar-refractivity contribution is 6.74. The molecule has 8 saturated carbocycles. The van der Waals surface area contributed by atoms with Crippen molar-refractivity contribution in [1.82, 2.24) is 0 Å². The molecule has 368 valence electrons. The molecule has 64 heavy (non-hydrogen) atoms. The zero-order valence-electron chi connectivity index (χ0n) is 44.7. The highest BCUT2D eigenvalue weighted by atomic mass is 28.4. The van der Waals surface area contributed by atoms with Crippen LogP contribution in [0.2, 0.25) is 36.3 Å². The van der Waals surface area contributed by atoms with Crippen LogP contribution < -0.4 is 0 Å². The Morgan fingerprint density at radius 1 is 0.641 bits per heavy atom. The van der Waals surface area contributed by atoms with Gasteiger partial charge in [0.15, 0.2) is 16.6 Å². The van der Waals surface area contributed by atoms with Gasteiger partial charge in [0.2, 0.25) is 0 Å². The smallest absolute Gasteiger partial charge is 0.192 e. The maximum atomic E-state index is 11.5. The molecule has 8 aliphatic rings. The molecule has 4 unspecified atom stereocenters. The number of aliphatic hydroxyl groups excluding tert-OH is 3. The zero-order chi connectivity index (χ0) is 47.4. The molecule has 0 radical (unpaired) electrons. The van der Waals surface area contributed by atoms with Crippen LogP contribution in [0.1, 0.15) is 186 Å². The lowest BCUT2D eigenvalue weighted by molar-refractivity contribution is -0.00616. The molecule has 8 aliphatic carbocycles. The molecule has 0 saturated heterocycles. The van der Waals surface area contributed by atoms with Crippen molar-refractivity contribution in [2.45, 2.75) is 247 Å². The van der Waals surface area contributed by atoms with E-state index >= 15 is 0 Å². The van der Waals surface area contributed by atoms with E-state index in [9.17, 15) is 15.3 Å². The van der Waals surface area contributed by atoms with Crippen molar-refractivity contribution in [3.05, 3.63) is 23.3 Å². The molecule has 0 spiro atoms. The molecule has 0 aromatic carbocycles. The summed E-state index contributed by atoms with van der Waals surface area (Å²) in [6, 6.07) is 0. The van der Waals surface area contributed by atoms with Crippen molar-refractivity contribution in [2.24, 2.45) is 80.8 Å². The van der Waals surface area contributed by atoms with E-state index in [2.05, 4.69) is 128 Å². The van der Waals surface area contributed by atoms with Gasteiger partial charge in [-0.2, -0.15) is 0 Å². The molecule has 0 aromatic heterocycles. The first-order valence-corrected chi connectivity index (χ1v) is 33.1. The van der Waals surface area contributed by atoms with E-state index in [1.807, 2.05) is 0 Å². The lowest BCUT2D eigenvalue weighted by Crippen LogP contribution is -2.47. The lowest BCUT2D eigenvalue weighted by atomic mass is 9.60. The van der Waals surface area contributed by atoms with Crippen molar-refractivity contribution in [3.8, 4) is 0 Å². The molecule has 3 N–H and O–H groups in total. The van der Waals surface area contributed by atoms with E-state index in [0.717, 1.165) is 30.6 Å². The van der Waals surface area contributed by atoms with Crippen LogP contribution in [0.3, 0.4) is 0 Å². The van der Waals surface area contributed by atoms with Gasteiger partial charge in [-0.1, -0.05) is 120 Å². The number of rotatable bonds is 12. The SMILES string of the molecule is CC[C@@H](C)[C@H]1CC[C@H]2/C(=C/[C@@H](C)[C@]34CC3C[C@H](O[Si](C)(C)C(C)(C)C)C4O)CCC[C@]12C.C[C@H](CO)[C@H]1CC[C@H]2/C(=C/[C@@H](C)[C@]34CC3C[C@H](O[Si](C)(C)C(C)(C)C)C4O)CCC[C@]12C. The molecular formula is C57H102O5Si2. The number of hydrogen-bond donors (Lipinski definition) is 3. The van der Waals surface area contributed by atoms with E-state index in [0.29, 0.717) is 58.9 Å². The molecule has 0 heterocycles. The van der Waals surface area contributed by atoms with Crippen LogP contribution in [0.5, 0.6) is 0 Å². The summed E-state index contributed by atoms with van der Waals surface area (Å²) in [7, 11) is -3.73. The predicted octanol–water partition coefficient (Wildman–Crippen LogP) is 14.5. The van der Waals surface area contributed by atoms with Crippen LogP contribution in [0.25, 0.3) is 0 Å². The second kappa shape index (κ2) is 17.8. The van der Waals surface area contributed by atoms with E-state index in [-0.39, 0.29) is 45.3 Å². The highest BCUT2D eigenvalue weighted by Crippen LogP contribution is 2.71. The molecule has 5 nitrogen and oxygen atoms in total. The lowest BCUT2D eigenvalue weighted by Gasteiger charge is -2.45. The summed E-state index contributed by atoms with van der Waals surface area (Å²) in [5, 5.41) is 33.2. The van der Waals surface area contributed by atoms with Crippen LogP contribution in [0.15, 0.2) is 23.3 Å². The Bertz CT molecular complexity index is 1600. The van der Waals surface area contributed by atoms with E-state index in [1.54, 1.807) is 11.1 Å². The summed E-state index contributed by atoms with van der Waals surface area (Å²) in [5.41, 5.74) is 4.39. The fraction of sp³-hybridized carbons (Fsp3) is 0.930. The Hall–Kier alpha value is -0.286. The first kappa shape index (κ1) is 51.6.